The molecule has 6 aromatic heterocycles. The number of morpholine rings is 3. The number of hydrogen-bond acceptors (Lipinski definition) is 26. The second kappa shape index (κ2) is 34.3. The molecule has 0 spiro atoms. The van der Waals surface area contributed by atoms with Crippen LogP contribution >= 0.6 is 10.7 Å². The van der Waals surface area contributed by atoms with Crippen LogP contribution in [-0.2, 0) is 37.6 Å². The van der Waals surface area contributed by atoms with Crippen LogP contribution in [0.5, 0.6) is 0 Å². The van der Waals surface area contributed by atoms with Crippen molar-refractivity contribution in [2.24, 2.45) is 23.5 Å². The van der Waals surface area contributed by atoms with E-state index in [0.29, 0.717) is 18.4 Å². The van der Waals surface area contributed by atoms with E-state index >= 15 is 0 Å². The van der Waals surface area contributed by atoms with Crippen molar-refractivity contribution in [2.45, 2.75) is 19.3 Å². The Bertz CT molecular complexity index is 4320. The molecule has 4 N–H and O–H groups in total. The van der Waals surface area contributed by atoms with E-state index < -0.39 is 19.2 Å². The first kappa shape index (κ1) is 72.1. The monoisotopic (exact) mass is 1410 g/mol. The zero-order valence-electron chi connectivity index (χ0n) is 56.5. The Balaban J connectivity index is 0.000000143. The normalized spacial score (nSPS) is 18.8. The van der Waals surface area contributed by atoms with E-state index in [2.05, 4.69) is 160 Å². The Morgan fingerprint density at radius 3 is 1.09 bits per heavy atom. The number of halogens is 1. The number of nitrogens with two attached hydrogens (primary N) is 1. The van der Waals surface area contributed by atoms with Gasteiger partial charge in [0.05, 0.1) is 92.4 Å². The van der Waals surface area contributed by atoms with Gasteiger partial charge in [-0.3, -0.25) is 19.1 Å². The largest absolute Gasteiger partial charge is 0.396 e. The summed E-state index contributed by atoms with van der Waals surface area (Å²) in [5.41, 5.74) is 19.0. The number of rotatable bonds is 15. The molecular formula is C70H88ClN17O9S2. The average molecular weight is 1410 g/mol. The maximum Gasteiger partial charge on any atom is 0.264 e. The number of nitrogens with zero attached hydrogens (tertiary/aromatic N) is 15. The third-order valence-corrected chi connectivity index (χ3v) is 18.5. The molecule has 6 saturated heterocycles. The van der Waals surface area contributed by atoms with E-state index in [1.165, 1.54) is 30.5 Å². The molecule has 0 radical (unpaired) electrons. The van der Waals surface area contributed by atoms with Crippen LogP contribution in [0.4, 0.5) is 34.5 Å². The van der Waals surface area contributed by atoms with Crippen molar-refractivity contribution in [1.82, 2.24) is 50.2 Å². The van der Waals surface area contributed by atoms with E-state index in [9.17, 15) is 21.9 Å². The molecule has 526 valence electrons. The van der Waals surface area contributed by atoms with E-state index in [0.717, 1.165) is 228 Å². The molecule has 99 heavy (non-hydrogen) atoms. The number of nitrogens with one attached hydrogen (secondary N) is 1. The van der Waals surface area contributed by atoms with Gasteiger partial charge in [0.25, 0.3) is 10.1 Å². The highest BCUT2D eigenvalue weighted by atomic mass is 35.7. The Morgan fingerprint density at radius 2 is 0.778 bits per heavy atom. The third-order valence-electron chi connectivity index (χ3n) is 18.0. The zero-order valence-corrected chi connectivity index (χ0v) is 58.9. The van der Waals surface area contributed by atoms with Crippen LogP contribution in [0.1, 0.15) is 19.3 Å². The number of fused-ring (bicyclic) bond motifs is 3. The minimum atomic E-state index is -3.45. The highest BCUT2D eigenvalue weighted by molar-refractivity contribution is 8.13. The molecule has 3 atom stereocenters. The van der Waals surface area contributed by atoms with Gasteiger partial charge in [0.15, 0.2) is 17.5 Å². The second-order valence-electron chi connectivity index (χ2n) is 24.9. The van der Waals surface area contributed by atoms with Gasteiger partial charge in [0.2, 0.25) is 9.05 Å². The van der Waals surface area contributed by atoms with Gasteiger partial charge in [0, 0.05) is 179 Å². The molecule has 6 fully saturated rings. The van der Waals surface area contributed by atoms with Crippen molar-refractivity contribution in [3.05, 3.63) is 128 Å². The maximum absolute atomic E-state index is 11.4. The molecule has 29 heteroatoms. The summed E-state index contributed by atoms with van der Waals surface area (Å²) in [4.78, 5) is 56.1. The van der Waals surface area contributed by atoms with Crippen LogP contribution in [0.25, 0.3) is 66.9 Å². The van der Waals surface area contributed by atoms with Gasteiger partial charge in [-0.25, -0.2) is 38.3 Å². The molecule has 12 heterocycles. The average Bonchev–Trinajstić information content (AvgIpc) is 1.78. The van der Waals surface area contributed by atoms with Gasteiger partial charge >= 0.3 is 0 Å². The molecule has 26 nitrogen and oxygen atoms in total. The van der Waals surface area contributed by atoms with Crippen molar-refractivity contribution in [2.75, 3.05) is 194 Å². The molecule has 15 rings (SSSR count). The number of aromatic nitrogens is 9. The number of anilines is 6. The maximum atomic E-state index is 11.4. The van der Waals surface area contributed by atoms with E-state index in [1.54, 1.807) is 37.2 Å². The summed E-state index contributed by atoms with van der Waals surface area (Å²) in [6.07, 6.45) is 15.3. The Labute approximate surface area is 583 Å². The summed E-state index contributed by atoms with van der Waals surface area (Å²) < 4.78 is 62.9. The van der Waals surface area contributed by atoms with E-state index in [-0.39, 0.29) is 19.1 Å². The first-order chi connectivity index (χ1) is 48.1. The molecule has 0 unspecified atom stereocenters. The third kappa shape index (κ3) is 19.4. The molecule has 6 aliphatic rings. The molecule has 0 aliphatic carbocycles. The highest BCUT2D eigenvalue weighted by Gasteiger charge is 2.30. The van der Waals surface area contributed by atoms with Crippen LogP contribution in [0.15, 0.2) is 128 Å². The van der Waals surface area contributed by atoms with Crippen molar-refractivity contribution < 1.29 is 40.3 Å². The summed E-state index contributed by atoms with van der Waals surface area (Å²) in [6, 6.07) is 31.7. The van der Waals surface area contributed by atoms with Gasteiger partial charge in [-0.15, -0.1) is 0 Å². The van der Waals surface area contributed by atoms with Crippen LogP contribution in [0, 0.1) is 17.8 Å². The van der Waals surface area contributed by atoms with Gasteiger partial charge in [0.1, 0.15) is 16.6 Å². The lowest BCUT2D eigenvalue weighted by Gasteiger charge is -2.29. The minimum absolute atomic E-state index is 0.115. The molecule has 0 saturated carbocycles. The lowest BCUT2D eigenvalue weighted by molar-refractivity contribution is 0.122. The number of aliphatic hydroxyl groups excluding tert-OH is 1. The van der Waals surface area contributed by atoms with Crippen molar-refractivity contribution in [3.8, 4) is 33.8 Å². The number of pyridine rings is 3. The fourth-order valence-corrected chi connectivity index (χ4v) is 13.4. The molecule has 6 aliphatic heterocycles. The SMILES string of the molecule is CN.CNC[C@H]1CCN(c2nc(-c3ccc(N4CCOCC4)cc3)cc3nccnc23)C1.CS(=O)(=O)Cl.CS(=O)(=O)OC[C@H]1CCN(c2nc(-c3ccc(N4CCOCC4)cc3)cc3nccnc23)C1.OC[C@H]1CCN(c2nc(-c3ccc(N4CCOCC4)cc3)cc3nccnc23)C1. The molecule has 3 aromatic carbocycles. The molecule has 0 bridgehead atoms. The van der Waals surface area contributed by atoms with E-state index in [1.807, 2.05) is 19.2 Å². The Morgan fingerprint density at radius 1 is 0.475 bits per heavy atom. The fraction of sp³-hybridized carbons (Fsp3) is 0.443. The number of hydrogen-bond donors (Lipinski definition) is 3. The lowest BCUT2D eigenvalue weighted by Crippen LogP contribution is -2.36. The summed E-state index contributed by atoms with van der Waals surface area (Å²) >= 11 is 0. The zero-order chi connectivity index (χ0) is 69.3. The Hall–Kier alpha value is -8.16. The summed E-state index contributed by atoms with van der Waals surface area (Å²) in [5, 5.41) is 12.8. The smallest absolute Gasteiger partial charge is 0.264 e. The molecular weight excluding hydrogens is 1320 g/mol. The predicted octanol–water partition coefficient (Wildman–Crippen LogP) is 7.01. The Kier molecular flexibility index (Phi) is 25.0. The van der Waals surface area contributed by atoms with Gasteiger partial charge in [-0.05, 0) is 100 Å². The summed E-state index contributed by atoms with van der Waals surface area (Å²) in [7, 11) is 1.37. The van der Waals surface area contributed by atoms with Crippen molar-refractivity contribution >= 4 is 97.5 Å². The fourth-order valence-electron chi connectivity index (χ4n) is 13.0. The first-order valence-electron chi connectivity index (χ1n) is 33.6. The van der Waals surface area contributed by atoms with Gasteiger partial charge in [-0.1, -0.05) is 36.4 Å². The minimum Gasteiger partial charge on any atom is -0.396 e. The standard InChI is InChI=1S/C23H28N6O.C23H27N5O4S.C22H25N5O2.CH3ClO2S.CH5N/c1-24-15-17-6-9-29(16-17)23-22-21(25-7-8-26-22)14-20(27-23)18-2-4-19(5-3-18)28-10-12-30-13-11-28;1-33(29,30)32-16-17-6-9-28(15-17)23-22-21(24-7-8-25-22)14-20(26-23)18-2-4-19(5-3-18)27-10-12-31-13-11-27;28-15-16-5-8-27(14-16)22-21-20(23-6-7-24-21)13-19(25-22)17-1-3-18(4-2-17)26-9-11-29-12-10-26;1-5(2,3)4;1-2/h2-5,7-8,14,17,24H,6,9-13,15-16H2,1H3;2-5,7-8,14,17H,6,9-13,15-16H2,1H3;1-4,6-7,13,16,28H,5,8-12,14-15H2;1H3;2H2,1H3/t2*17-;16-;;/m100../s1. The van der Waals surface area contributed by atoms with Crippen molar-refractivity contribution in [1.29, 1.82) is 0 Å². The lowest BCUT2D eigenvalue weighted by atomic mass is 10.1. The van der Waals surface area contributed by atoms with Crippen LogP contribution in [0.3, 0.4) is 0 Å². The van der Waals surface area contributed by atoms with Crippen LogP contribution in [0.2, 0.25) is 0 Å². The summed E-state index contributed by atoms with van der Waals surface area (Å²) in [5.74, 6) is 3.63. The van der Waals surface area contributed by atoms with E-state index in [4.69, 9.17) is 33.3 Å². The van der Waals surface area contributed by atoms with Crippen LogP contribution in [-0.4, -0.2) is 231 Å². The summed E-state index contributed by atoms with van der Waals surface area (Å²) in [6.45, 7) is 16.7. The molecule has 0 amide bonds. The van der Waals surface area contributed by atoms with Crippen LogP contribution < -0.4 is 40.4 Å². The van der Waals surface area contributed by atoms with Crippen molar-refractivity contribution in [3.63, 3.8) is 0 Å². The topological polar surface area (TPSA) is 299 Å². The molecule has 9 aromatic rings. The second-order valence-corrected chi connectivity index (χ2v) is 29.6. The number of ether oxygens (including phenoxy) is 3. The highest BCUT2D eigenvalue weighted by Crippen LogP contribution is 2.36. The quantitative estimate of drug-likeness (QED) is 0.0686. The first-order valence-corrected chi connectivity index (χ1v) is 38.1. The number of benzene rings is 3. The van der Waals surface area contributed by atoms with Gasteiger partial charge < -0.3 is 59.8 Å². The van der Waals surface area contributed by atoms with Gasteiger partial charge in [-0.2, -0.15) is 8.42 Å². The predicted molar refractivity (Wildman–Crippen MR) is 391 cm³/mol. The number of aliphatic hydroxyl groups is 1.